The molecule has 0 bridgehead atoms. The Kier molecular flexibility index (Phi) is 3.64. The first-order valence-electron chi connectivity index (χ1n) is 5.60. The van der Waals surface area contributed by atoms with E-state index in [1.54, 1.807) is 23.5 Å². The van der Waals surface area contributed by atoms with Crippen LogP contribution in [0.2, 0.25) is 0 Å². The molecule has 0 saturated carbocycles. The van der Waals surface area contributed by atoms with Crippen LogP contribution in [0.4, 0.5) is 17.6 Å². The summed E-state index contributed by atoms with van der Waals surface area (Å²) in [5.41, 5.74) is 0.891. The van der Waals surface area contributed by atoms with Gasteiger partial charge in [-0.05, 0) is 11.6 Å². The van der Waals surface area contributed by atoms with E-state index in [4.69, 9.17) is 4.74 Å². The summed E-state index contributed by atoms with van der Waals surface area (Å²) in [6.07, 6.45) is -4.10. The standard InChI is InChI=1S/C12H11F4NO2/c13-10(14)12(15,16)11(18)17-6-8-5-7-3-1-2-4-9(7)19-8/h1-4,8,10H,5-6H2,(H,17,18). The first kappa shape index (κ1) is 13.6. The predicted octanol–water partition coefficient (Wildman–Crippen LogP) is 2.01. The third-order valence-electron chi connectivity index (χ3n) is 2.78. The quantitative estimate of drug-likeness (QED) is 0.855. The summed E-state index contributed by atoms with van der Waals surface area (Å²) in [6, 6.07) is 7.08. The zero-order chi connectivity index (χ0) is 14.0. The van der Waals surface area contributed by atoms with E-state index in [0.717, 1.165) is 5.56 Å². The van der Waals surface area contributed by atoms with Gasteiger partial charge in [0.25, 0.3) is 5.91 Å². The molecular weight excluding hydrogens is 266 g/mol. The number of nitrogens with one attached hydrogen (secondary N) is 1. The van der Waals surface area contributed by atoms with E-state index in [9.17, 15) is 22.4 Å². The van der Waals surface area contributed by atoms with Gasteiger partial charge in [0.15, 0.2) is 0 Å². The predicted molar refractivity (Wildman–Crippen MR) is 58.5 cm³/mol. The zero-order valence-corrected chi connectivity index (χ0v) is 9.71. The summed E-state index contributed by atoms with van der Waals surface area (Å²) in [6.45, 7) is -0.240. The van der Waals surface area contributed by atoms with Crippen LogP contribution >= 0.6 is 0 Å². The SMILES string of the molecule is O=C(NCC1Cc2ccccc2O1)C(F)(F)C(F)F. The molecule has 19 heavy (non-hydrogen) atoms. The number of ether oxygens (including phenoxy) is 1. The molecule has 1 amide bonds. The second-order valence-corrected chi connectivity index (χ2v) is 4.19. The van der Waals surface area contributed by atoms with Gasteiger partial charge in [0.1, 0.15) is 11.9 Å². The molecule has 0 saturated heterocycles. The highest BCUT2D eigenvalue weighted by Gasteiger charge is 2.49. The van der Waals surface area contributed by atoms with Crippen LogP contribution in [0.1, 0.15) is 5.56 Å². The number of amides is 1. The van der Waals surface area contributed by atoms with Gasteiger partial charge in [0.05, 0.1) is 6.54 Å². The number of halogens is 4. The number of carbonyl (C=O) groups excluding carboxylic acids is 1. The molecule has 1 N–H and O–H groups in total. The maximum Gasteiger partial charge on any atom is 0.383 e. The first-order valence-corrected chi connectivity index (χ1v) is 5.60. The van der Waals surface area contributed by atoms with Crippen LogP contribution in [0.15, 0.2) is 24.3 Å². The van der Waals surface area contributed by atoms with Crippen LogP contribution in [0, 0.1) is 0 Å². The van der Waals surface area contributed by atoms with Crippen LogP contribution < -0.4 is 10.1 Å². The normalized spacial score (nSPS) is 18.1. The highest BCUT2D eigenvalue weighted by Crippen LogP contribution is 2.28. The Balaban J connectivity index is 1.87. The van der Waals surface area contributed by atoms with Crippen LogP contribution in [0.5, 0.6) is 5.75 Å². The van der Waals surface area contributed by atoms with Crippen LogP contribution in [0.3, 0.4) is 0 Å². The number of fused-ring (bicyclic) bond motifs is 1. The van der Waals surface area contributed by atoms with Crippen molar-refractivity contribution in [1.29, 1.82) is 0 Å². The summed E-state index contributed by atoms with van der Waals surface area (Å²) < 4.78 is 54.6. The second-order valence-electron chi connectivity index (χ2n) is 4.19. The van der Waals surface area contributed by atoms with E-state index in [0.29, 0.717) is 12.2 Å². The molecule has 1 atom stereocenters. The minimum atomic E-state index is -4.68. The monoisotopic (exact) mass is 277 g/mol. The van der Waals surface area contributed by atoms with Gasteiger partial charge < -0.3 is 10.1 Å². The Bertz CT molecular complexity index is 454. The lowest BCUT2D eigenvalue weighted by Gasteiger charge is -2.17. The number of hydrogen-bond acceptors (Lipinski definition) is 2. The van der Waals surface area contributed by atoms with Gasteiger partial charge in [-0.1, -0.05) is 18.2 Å². The van der Waals surface area contributed by atoms with Gasteiger partial charge in [0, 0.05) is 6.42 Å². The van der Waals surface area contributed by atoms with E-state index >= 15 is 0 Å². The largest absolute Gasteiger partial charge is 0.488 e. The van der Waals surface area contributed by atoms with Crippen molar-refractivity contribution in [1.82, 2.24) is 5.32 Å². The van der Waals surface area contributed by atoms with Crippen molar-refractivity contribution in [2.24, 2.45) is 0 Å². The molecule has 0 fully saturated rings. The highest BCUT2D eigenvalue weighted by atomic mass is 19.3. The molecule has 0 spiro atoms. The first-order chi connectivity index (χ1) is 8.91. The van der Waals surface area contributed by atoms with E-state index in [2.05, 4.69) is 0 Å². The zero-order valence-electron chi connectivity index (χ0n) is 9.71. The highest BCUT2D eigenvalue weighted by molar-refractivity contribution is 5.83. The van der Waals surface area contributed by atoms with Crippen molar-refractivity contribution < 1.29 is 27.1 Å². The molecule has 1 aliphatic heterocycles. The Morgan fingerprint density at radius 3 is 2.74 bits per heavy atom. The van der Waals surface area contributed by atoms with E-state index < -0.39 is 24.4 Å². The van der Waals surface area contributed by atoms with Crippen molar-refractivity contribution in [2.75, 3.05) is 6.54 Å². The lowest BCUT2D eigenvalue weighted by molar-refractivity contribution is -0.169. The molecule has 2 rings (SSSR count). The maximum absolute atomic E-state index is 12.7. The topological polar surface area (TPSA) is 38.3 Å². The summed E-state index contributed by atoms with van der Waals surface area (Å²) in [7, 11) is 0. The molecule has 0 radical (unpaired) electrons. The van der Waals surface area contributed by atoms with Crippen LogP contribution in [-0.2, 0) is 11.2 Å². The van der Waals surface area contributed by atoms with Gasteiger partial charge in [0.2, 0.25) is 0 Å². The molecule has 7 heteroatoms. The fourth-order valence-corrected chi connectivity index (χ4v) is 1.79. The molecule has 1 heterocycles. The van der Waals surface area contributed by atoms with Crippen molar-refractivity contribution >= 4 is 5.91 Å². The molecule has 1 aromatic rings. The molecular formula is C12H11F4NO2. The van der Waals surface area contributed by atoms with Gasteiger partial charge in [-0.2, -0.15) is 8.78 Å². The van der Waals surface area contributed by atoms with E-state index in [-0.39, 0.29) is 6.54 Å². The summed E-state index contributed by atoms with van der Waals surface area (Å²) in [4.78, 5) is 10.9. The average Bonchev–Trinajstić information content (AvgIpc) is 2.78. The molecule has 3 nitrogen and oxygen atoms in total. The fourth-order valence-electron chi connectivity index (χ4n) is 1.79. The Morgan fingerprint density at radius 2 is 2.11 bits per heavy atom. The molecule has 1 aliphatic rings. The lowest BCUT2D eigenvalue weighted by Crippen LogP contribution is -2.47. The third-order valence-corrected chi connectivity index (χ3v) is 2.78. The Morgan fingerprint density at radius 1 is 1.42 bits per heavy atom. The molecule has 1 unspecified atom stereocenters. The lowest BCUT2D eigenvalue weighted by atomic mass is 10.1. The molecule has 0 aromatic heterocycles. The third kappa shape index (κ3) is 2.80. The summed E-state index contributed by atoms with van der Waals surface area (Å²) in [5, 5.41) is 1.79. The number of alkyl halides is 4. The van der Waals surface area contributed by atoms with E-state index in [1.807, 2.05) is 6.07 Å². The van der Waals surface area contributed by atoms with Gasteiger partial charge in [-0.15, -0.1) is 0 Å². The number of para-hydroxylation sites is 1. The second kappa shape index (κ2) is 5.07. The summed E-state index contributed by atoms with van der Waals surface area (Å²) in [5.74, 6) is -6.05. The number of hydrogen-bond donors (Lipinski definition) is 1. The molecule has 104 valence electrons. The van der Waals surface area contributed by atoms with Crippen molar-refractivity contribution in [3.05, 3.63) is 29.8 Å². The Hall–Kier alpha value is -1.79. The van der Waals surface area contributed by atoms with Crippen LogP contribution in [-0.4, -0.2) is 30.9 Å². The van der Waals surface area contributed by atoms with Gasteiger partial charge in [-0.3, -0.25) is 4.79 Å². The minimum Gasteiger partial charge on any atom is -0.488 e. The van der Waals surface area contributed by atoms with Gasteiger partial charge >= 0.3 is 12.3 Å². The van der Waals surface area contributed by atoms with E-state index in [1.165, 1.54) is 0 Å². The maximum atomic E-state index is 12.7. The molecule has 0 aliphatic carbocycles. The van der Waals surface area contributed by atoms with Crippen molar-refractivity contribution in [2.45, 2.75) is 24.9 Å². The Labute approximate surface area is 106 Å². The number of carbonyl (C=O) groups is 1. The van der Waals surface area contributed by atoms with Crippen molar-refractivity contribution in [3.8, 4) is 5.75 Å². The van der Waals surface area contributed by atoms with Crippen molar-refractivity contribution in [3.63, 3.8) is 0 Å². The number of benzene rings is 1. The average molecular weight is 277 g/mol. The van der Waals surface area contributed by atoms with Gasteiger partial charge in [-0.25, -0.2) is 8.78 Å². The molecule has 1 aromatic carbocycles. The smallest absolute Gasteiger partial charge is 0.383 e. The number of rotatable bonds is 4. The minimum absolute atomic E-state index is 0.240. The summed E-state index contributed by atoms with van der Waals surface area (Å²) >= 11 is 0. The van der Waals surface area contributed by atoms with Crippen LogP contribution in [0.25, 0.3) is 0 Å². The fraction of sp³-hybridized carbons (Fsp3) is 0.417.